The predicted molar refractivity (Wildman–Crippen MR) is 40.1 cm³/mol. The maximum atomic E-state index is 4.78. The summed E-state index contributed by atoms with van der Waals surface area (Å²) < 4.78 is 0. The fraction of sp³-hybridized carbons (Fsp3) is 0. The van der Waals surface area contributed by atoms with Gasteiger partial charge < -0.3 is 4.84 Å². The summed E-state index contributed by atoms with van der Waals surface area (Å²) in [6, 6.07) is 3.79. The second-order valence-electron chi connectivity index (χ2n) is 2.08. The molecule has 1 aromatic rings. The van der Waals surface area contributed by atoms with Gasteiger partial charge in [0.2, 0.25) is 0 Å². The van der Waals surface area contributed by atoms with Crippen molar-refractivity contribution in [1.29, 1.82) is 0 Å². The zero-order valence-corrected chi connectivity index (χ0v) is 5.77. The van der Waals surface area contributed by atoms with E-state index in [-0.39, 0.29) is 0 Å². The molecule has 0 fully saturated rings. The quantitative estimate of drug-likeness (QED) is 0.641. The summed E-state index contributed by atoms with van der Waals surface area (Å²) in [5.41, 5.74) is 3.60. The highest BCUT2D eigenvalue weighted by Gasteiger charge is 2.05. The molecule has 1 aliphatic rings. The van der Waals surface area contributed by atoms with Crippen molar-refractivity contribution in [2.24, 2.45) is 0 Å². The Morgan fingerprint density at radius 2 is 2.55 bits per heavy atom. The van der Waals surface area contributed by atoms with Crippen LogP contribution in [0.3, 0.4) is 0 Å². The SMILES string of the molecule is C1=CN(c2cccnc2)NO1. The summed E-state index contributed by atoms with van der Waals surface area (Å²) in [5.74, 6) is 0. The molecule has 2 rings (SSSR count). The Morgan fingerprint density at radius 3 is 3.18 bits per heavy atom. The van der Waals surface area contributed by atoms with E-state index >= 15 is 0 Å². The minimum Gasteiger partial charge on any atom is -0.395 e. The molecule has 0 unspecified atom stereocenters. The average molecular weight is 149 g/mol. The summed E-state index contributed by atoms with van der Waals surface area (Å²) in [4.78, 5) is 8.74. The van der Waals surface area contributed by atoms with E-state index in [1.807, 2.05) is 12.1 Å². The Hall–Kier alpha value is -1.55. The third kappa shape index (κ3) is 1.15. The summed E-state index contributed by atoms with van der Waals surface area (Å²) in [5, 5.41) is 1.73. The van der Waals surface area contributed by atoms with Gasteiger partial charge in [0.15, 0.2) is 0 Å². The number of hydrogen-bond donors (Lipinski definition) is 1. The Balaban J connectivity index is 2.23. The van der Waals surface area contributed by atoms with E-state index < -0.39 is 0 Å². The van der Waals surface area contributed by atoms with E-state index in [1.54, 1.807) is 29.9 Å². The Kier molecular flexibility index (Phi) is 1.46. The Labute approximate surface area is 64.0 Å². The van der Waals surface area contributed by atoms with Crippen LogP contribution >= 0.6 is 0 Å². The number of hydrogen-bond acceptors (Lipinski definition) is 4. The van der Waals surface area contributed by atoms with Gasteiger partial charge in [0.25, 0.3) is 0 Å². The lowest BCUT2D eigenvalue weighted by molar-refractivity contribution is 0.159. The molecule has 1 N–H and O–H groups in total. The molecule has 0 saturated carbocycles. The fourth-order valence-electron chi connectivity index (χ4n) is 0.844. The first kappa shape index (κ1) is 6.18. The number of hydrazine groups is 1. The van der Waals surface area contributed by atoms with E-state index in [4.69, 9.17) is 4.84 Å². The third-order valence-electron chi connectivity index (χ3n) is 1.35. The minimum absolute atomic E-state index is 0.946. The highest BCUT2D eigenvalue weighted by atomic mass is 16.7. The summed E-state index contributed by atoms with van der Waals surface area (Å²) >= 11 is 0. The Morgan fingerprint density at radius 1 is 1.55 bits per heavy atom. The molecule has 11 heavy (non-hydrogen) atoms. The first-order chi connectivity index (χ1) is 5.47. The largest absolute Gasteiger partial charge is 0.395 e. The Bertz CT molecular complexity index is 260. The van der Waals surface area contributed by atoms with Gasteiger partial charge >= 0.3 is 0 Å². The van der Waals surface area contributed by atoms with E-state index in [2.05, 4.69) is 10.6 Å². The van der Waals surface area contributed by atoms with Gasteiger partial charge in [-0.15, -0.1) is 0 Å². The number of rotatable bonds is 1. The maximum Gasteiger partial charge on any atom is 0.131 e. The van der Waals surface area contributed by atoms with E-state index in [1.165, 1.54) is 0 Å². The number of pyridine rings is 1. The van der Waals surface area contributed by atoms with Crippen LogP contribution in [-0.4, -0.2) is 4.98 Å². The molecule has 1 aromatic heterocycles. The molecule has 0 spiro atoms. The van der Waals surface area contributed by atoms with Crippen LogP contribution < -0.4 is 10.6 Å². The molecule has 0 atom stereocenters. The van der Waals surface area contributed by atoms with Gasteiger partial charge in [0.05, 0.1) is 18.1 Å². The molecule has 0 amide bonds. The molecule has 0 bridgehead atoms. The van der Waals surface area contributed by atoms with Crippen LogP contribution in [0.1, 0.15) is 0 Å². The van der Waals surface area contributed by atoms with Crippen LogP contribution in [0.5, 0.6) is 0 Å². The zero-order chi connectivity index (χ0) is 7.52. The second-order valence-corrected chi connectivity index (χ2v) is 2.08. The molecular formula is C7H7N3O. The van der Waals surface area contributed by atoms with E-state index in [0.29, 0.717) is 0 Å². The average Bonchev–Trinajstić information content (AvgIpc) is 2.58. The zero-order valence-electron chi connectivity index (χ0n) is 5.77. The molecule has 2 heterocycles. The van der Waals surface area contributed by atoms with Crippen molar-refractivity contribution in [3.8, 4) is 0 Å². The minimum atomic E-state index is 0.946. The molecule has 1 aliphatic heterocycles. The second kappa shape index (κ2) is 2.59. The monoisotopic (exact) mass is 149 g/mol. The molecular weight excluding hydrogens is 142 g/mol. The van der Waals surface area contributed by atoms with Crippen LogP contribution in [0.25, 0.3) is 0 Å². The maximum absolute atomic E-state index is 4.78. The molecule has 4 nitrogen and oxygen atoms in total. The summed E-state index contributed by atoms with van der Waals surface area (Å²) in [6.07, 6.45) is 6.81. The predicted octanol–water partition coefficient (Wildman–Crippen LogP) is 0.809. The molecule has 4 heteroatoms. The van der Waals surface area contributed by atoms with Crippen molar-refractivity contribution in [3.05, 3.63) is 37.0 Å². The van der Waals surface area contributed by atoms with Crippen molar-refractivity contribution in [2.45, 2.75) is 0 Å². The van der Waals surface area contributed by atoms with Crippen molar-refractivity contribution in [2.75, 3.05) is 5.01 Å². The topological polar surface area (TPSA) is 37.4 Å². The van der Waals surface area contributed by atoms with Crippen molar-refractivity contribution in [1.82, 2.24) is 10.6 Å². The van der Waals surface area contributed by atoms with Gasteiger partial charge in [-0.1, -0.05) is 5.59 Å². The molecule has 0 radical (unpaired) electrons. The number of nitrogens with zero attached hydrogens (tertiary/aromatic N) is 2. The van der Waals surface area contributed by atoms with Gasteiger partial charge in [0.1, 0.15) is 6.26 Å². The molecule has 0 aromatic carbocycles. The number of nitrogens with one attached hydrogen (secondary N) is 1. The first-order valence-electron chi connectivity index (χ1n) is 3.24. The van der Waals surface area contributed by atoms with Gasteiger partial charge in [-0.05, 0) is 12.1 Å². The normalized spacial score (nSPS) is 15.1. The number of aromatic nitrogens is 1. The highest BCUT2D eigenvalue weighted by molar-refractivity contribution is 5.45. The molecule has 0 saturated heterocycles. The van der Waals surface area contributed by atoms with Crippen molar-refractivity contribution in [3.63, 3.8) is 0 Å². The van der Waals surface area contributed by atoms with Gasteiger partial charge in [-0.2, -0.15) is 0 Å². The fourth-order valence-corrected chi connectivity index (χ4v) is 0.844. The smallest absolute Gasteiger partial charge is 0.131 e. The van der Waals surface area contributed by atoms with Crippen LogP contribution in [0.4, 0.5) is 5.69 Å². The van der Waals surface area contributed by atoms with Crippen LogP contribution in [0.2, 0.25) is 0 Å². The molecule has 56 valence electrons. The lowest BCUT2D eigenvalue weighted by atomic mass is 10.4. The standard InChI is InChI=1S/C7H7N3O/c1-2-7(6-8-3-1)10-4-5-11-9-10/h1-6,9H. The highest BCUT2D eigenvalue weighted by Crippen LogP contribution is 2.11. The van der Waals surface area contributed by atoms with Crippen LogP contribution in [-0.2, 0) is 4.84 Å². The van der Waals surface area contributed by atoms with Crippen molar-refractivity contribution < 1.29 is 4.84 Å². The lowest BCUT2D eigenvalue weighted by Crippen LogP contribution is -2.26. The summed E-state index contributed by atoms with van der Waals surface area (Å²) in [7, 11) is 0. The van der Waals surface area contributed by atoms with E-state index in [9.17, 15) is 0 Å². The van der Waals surface area contributed by atoms with Gasteiger partial charge in [-0.3, -0.25) is 4.98 Å². The van der Waals surface area contributed by atoms with Crippen molar-refractivity contribution >= 4 is 5.69 Å². The third-order valence-corrected chi connectivity index (χ3v) is 1.35. The number of anilines is 1. The van der Waals surface area contributed by atoms with Crippen LogP contribution in [0, 0.1) is 0 Å². The summed E-state index contributed by atoms with van der Waals surface area (Å²) in [6.45, 7) is 0. The van der Waals surface area contributed by atoms with Gasteiger partial charge in [-0.25, -0.2) is 5.01 Å². The molecule has 0 aliphatic carbocycles. The van der Waals surface area contributed by atoms with Gasteiger partial charge in [0, 0.05) is 6.20 Å². The lowest BCUT2D eigenvalue weighted by Gasteiger charge is -2.12. The first-order valence-corrected chi connectivity index (χ1v) is 3.24. The van der Waals surface area contributed by atoms with Crippen LogP contribution in [0.15, 0.2) is 37.0 Å². The van der Waals surface area contributed by atoms with E-state index in [0.717, 1.165) is 5.69 Å².